The molecule has 0 aliphatic heterocycles. The molecule has 0 fully saturated rings. The quantitative estimate of drug-likeness (QED) is 0.658. The maximum absolute atomic E-state index is 12.1. The minimum atomic E-state index is -0.431. The van der Waals surface area contributed by atoms with Crippen molar-refractivity contribution >= 4 is 39.2 Å². The van der Waals surface area contributed by atoms with Gasteiger partial charge in [0.15, 0.2) is 0 Å². The molecular formula is C18H18N4O2S. The van der Waals surface area contributed by atoms with E-state index in [2.05, 4.69) is 20.9 Å². The third-order valence-electron chi connectivity index (χ3n) is 3.48. The molecule has 3 amide bonds. The molecular weight excluding hydrogens is 336 g/mol. The van der Waals surface area contributed by atoms with Crippen molar-refractivity contribution in [3.8, 4) is 10.6 Å². The van der Waals surface area contributed by atoms with E-state index >= 15 is 0 Å². The number of para-hydroxylation sites is 2. The summed E-state index contributed by atoms with van der Waals surface area (Å²) in [7, 11) is 0. The number of anilines is 1. The van der Waals surface area contributed by atoms with Gasteiger partial charge in [-0.05, 0) is 31.2 Å². The normalized spacial score (nSPS) is 10.4. The lowest BCUT2D eigenvalue weighted by Crippen LogP contribution is -2.38. The van der Waals surface area contributed by atoms with Gasteiger partial charge in [0.1, 0.15) is 5.01 Å². The second kappa shape index (κ2) is 7.76. The minimum Gasteiger partial charge on any atom is -0.355 e. The third-order valence-corrected chi connectivity index (χ3v) is 4.55. The van der Waals surface area contributed by atoms with Crippen LogP contribution in [-0.4, -0.2) is 30.0 Å². The van der Waals surface area contributed by atoms with Gasteiger partial charge in [-0.15, -0.1) is 11.3 Å². The molecule has 2 aromatic carbocycles. The molecule has 1 heterocycles. The highest BCUT2D eigenvalue weighted by Gasteiger charge is 2.12. The van der Waals surface area contributed by atoms with Gasteiger partial charge in [-0.1, -0.05) is 24.3 Å². The Hall–Kier alpha value is -2.93. The van der Waals surface area contributed by atoms with Crippen molar-refractivity contribution in [2.75, 3.05) is 18.4 Å². The van der Waals surface area contributed by atoms with Crippen LogP contribution in [0.3, 0.4) is 0 Å². The monoisotopic (exact) mass is 354 g/mol. The van der Waals surface area contributed by atoms with E-state index in [1.54, 1.807) is 11.3 Å². The van der Waals surface area contributed by atoms with Crippen LogP contribution in [0.1, 0.15) is 6.92 Å². The lowest BCUT2D eigenvalue weighted by Gasteiger charge is -2.10. The first-order chi connectivity index (χ1) is 12.2. The number of likely N-dealkylation sites (N-methyl/N-ethyl adjacent to an activating group) is 1. The number of amides is 3. The summed E-state index contributed by atoms with van der Waals surface area (Å²) >= 11 is 1.57. The lowest BCUT2D eigenvalue weighted by molar-refractivity contribution is -0.119. The van der Waals surface area contributed by atoms with Gasteiger partial charge in [0.2, 0.25) is 5.91 Å². The van der Waals surface area contributed by atoms with E-state index in [1.165, 1.54) is 0 Å². The van der Waals surface area contributed by atoms with Crippen molar-refractivity contribution in [3.05, 3.63) is 48.5 Å². The summed E-state index contributed by atoms with van der Waals surface area (Å²) in [6, 6.07) is 14.9. The molecule has 0 bridgehead atoms. The first kappa shape index (κ1) is 16.9. The molecule has 128 valence electrons. The fourth-order valence-corrected chi connectivity index (χ4v) is 3.36. The number of thiazole rings is 1. The van der Waals surface area contributed by atoms with Crippen LogP contribution in [-0.2, 0) is 4.79 Å². The molecule has 25 heavy (non-hydrogen) atoms. The number of hydrogen-bond donors (Lipinski definition) is 3. The Balaban J connectivity index is 1.77. The molecule has 0 aliphatic carbocycles. The molecule has 6 nitrogen and oxygen atoms in total. The number of rotatable bonds is 5. The Morgan fingerprint density at radius 3 is 2.60 bits per heavy atom. The highest BCUT2D eigenvalue weighted by Crippen LogP contribution is 2.34. The number of urea groups is 1. The molecule has 3 N–H and O–H groups in total. The van der Waals surface area contributed by atoms with Crippen molar-refractivity contribution in [2.45, 2.75) is 6.92 Å². The van der Waals surface area contributed by atoms with E-state index in [-0.39, 0.29) is 12.5 Å². The Bertz CT molecular complexity index is 874. The van der Waals surface area contributed by atoms with Crippen LogP contribution in [0, 0.1) is 0 Å². The van der Waals surface area contributed by atoms with E-state index in [0.717, 1.165) is 20.8 Å². The maximum atomic E-state index is 12.1. The molecule has 3 aromatic rings. The molecule has 0 atom stereocenters. The third kappa shape index (κ3) is 4.13. The van der Waals surface area contributed by atoms with Gasteiger partial charge in [0.25, 0.3) is 0 Å². The predicted octanol–water partition coefficient (Wildman–Crippen LogP) is 3.22. The Morgan fingerprint density at radius 2 is 1.80 bits per heavy atom. The maximum Gasteiger partial charge on any atom is 0.319 e. The standard InChI is InChI=1S/C18H18N4O2S/c1-2-19-16(23)11-20-18(24)22-13-8-4-3-7-12(13)17-21-14-9-5-6-10-15(14)25-17/h3-10H,2,11H2,1H3,(H,19,23)(H2,20,22,24). The SMILES string of the molecule is CCNC(=O)CNC(=O)Nc1ccccc1-c1nc2ccccc2s1. The van der Waals surface area contributed by atoms with Crippen molar-refractivity contribution in [3.63, 3.8) is 0 Å². The second-order valence-corrected chi connectivity index (χ2v) is 6.32. The molecule has 0 radical (unpaired) electrons. The van der Waals surface area contributed by atoms with E-state index in [0.29, 0.717) is 12.2 Å². The summed E-state index contributed by atoms with van der Waals surface area (Å²) in [6.07, 6.45) is 0. The zero-order chi connectivity index (χ0) is 17.6. The van der Waals surface area contributed by atoms with Gasteiger partial charge >= 0.3 is 6.03 Å². The molecule has 0 saturated carbocycles. The summed E-state index contributed by atoms with van der Waals surface area (Å²) in [5.41, 5.74) is 2.42. The first-order valence-corrected chi connectivity index (χ1v) is 8.75. The average Bonchev–Trinajstić information content (AvgIpc) is 3.04. The van der Waals surface area contributed by atoms with Gasteiger partial charge < -0.3 is 16.0 Å². The Labute approximate surface area is 149 Å². The summed E-state index contributed by atoms with van der Waals surface area (Å²) in [5, 5.41) is 8.79. The zero-order valence-electron chi connectivity index (χ0n) is 13.7. The molecule has 3 rings (SSSR count). The van der Waals surface area contributed by atoms with Crippen LogP contribution < -0.4 is 16.0 Å². The molecule has 7 heteroatoms. The van der Waals surface area contributed by atoms with Gasteiger partial charge in [0, 0.05) is 12.1 Å². The fourth-order valence-electron chi connectivity index (χ4n) is 2.35. The van der Waals surface area contributed by atoms with Gasteiger partial charge in [0.05, 0.1) is 22.4 Å². The first-order valence-electron chi connectivity index (χ1n) is 7.94. The minimum absolute atomic E-state index is 0.0665. The fraction of sp³-hybridized carbons (Fsp3) is 0.167. The summed E-state index contributed by atoms with van der Waals surface area (Å²) in [6.45, 7) is 2.29. The topological polar surface area (TPSA) is 83.1 Å². The van der Waals surface area contributed by atoms with Crippen LogP contribution in [0.25, 0.3) is 20.8 Å². The van der Waals surface area contributed by atoms with Crippen LogP contribution in [0.5, 0.6) is 0 Å². The lowest BCUT2D eigenvalue weighted by atomic mass is 10.2. The van der Waals surface area contributed by atoms with Crippen molar-refractivity contribution in [2.24, 2.45) is 0 Å². The molecule has 0 unspecified atom stereocenters. The molecule has 0 aliphatic rings. The zero-order valence-corrected chi connectivity index (χ0v) is 14.5. The van der Waals surface area contributed by atoms with Gasteiger partial charge in [-0.2, -0.15) is 0 Å². The number of nitrogens with zero attached hydrogens (tertiary/aromatic N) is 1. The number of aromatic nitrogens is 1. The van der Waals surface area contributed by atoms with E-state index in [1.807, 2.05) is 55.5 Å². The Morgan fingerprint density at radius 1 is 1.04 bits per heavy atom. The van der Waals surface area contributed by atoms with Crippen molar-refractivity contribution in [1.29, 1.82) is 0 Å². The highest BCUT2D eigenvalue weighted by molar-refractivity contribution is 7.21. The number of benzene rings is 2. The van der Waals surface area contributed by atoms with Crippen LogP contribution in [0.2, 0.25) is 0 Å². The van der Waals surface area contributed by atoms with Crippen LogP contribution >= 0.6 is 11.3 Å². The summed E-state index contributed by atoms with van der Waals surface area (Å²) in [4.78, 5) is 28.1. The number of hydrogen-bond acceptors (Lipinski definition) is 4. The van der Waals surface area contributed by atoms with Gasteiger partial charge in [-0.25, -0.2) is 9.78 Å². The smallest absolute Gasteiger partial charge is 0.319 e. The molecule has 0 saturated heterocycles. The number of nitrogens with one attached hydrogen (secondary N) is 3. The van der Waals surface area contributed by atoms with Crippen LogP contribution in [0.15, 0.2) is 48.5 Å². The van der Waals surface area contributed by atoms with E-state index < -0.39 is 6.03 Å². The van der Waals surface area contributed by atoms with Crippen molar-refractivity contribution < 1.29 is 9.59 Å². The average molecular weight is 354 g/mol. The summed E-state index contributed by atoms with van der Waals surface area (Å²) < 4.78 is 1.09. The molecule has 0 spiro atoms. The van der Waals surface area contributed by atoms with Gasteiger partial charge in [-0.3, -0.25) is 4.79 Å². The highest BCUT2D eigenvalue weighted by atomic mass is 32.1. The number of fused-ring (bicyclic) bond motifs is 1. The van der Waals surface area contributed by atoms with Crippen LogP contribution in [0.4, 0.5) is 10.5 Å². The van der Waals surface area contributed by atoms with E-state index in [9.17, 15) is 9.59 Å². The van der Waals surface area contributed by atoms with E-state index in [4.69, 9.17) is 0 Å². The second-order valence-electron chi connectivity index (χ2n) is 5.29. The number of carbonyl (C=O) groups is 2. The molecule has 1 aromatic heterocycles. The summed E-state index contributed by atoms with van der Waals surface area (Å²) in [5.74, 6) is -0.225. The predicted molar refractivity (Wildman–Crippen MR) is 101 cm³/mol. The number of carbonyl (C=O) groups excluding carboxylic acids is 2. The Kier molecular flexibility index (Phi) is 5.25. The van der Waals surface area contributed by atoms with Crippen molar-refractivity contribution in [1.82, 2.24) is 15.6 Å². The largest absolute Gasteiger partial charge is 0.355 e.